The Hall–Kier alpha value is -1.09. The van der Waals surface area contributed by atoms with Gasteiger partial charge in [-0.25, -0.2) is 0 Å². The zero-order chi connectivity index (χ0) is 10.7. The Balaban J connectivity index is 2.91. The number of anilines is 1. The lowest BCUT2D eigenvalue weighted by molar-refractivity contribution is 0.633. The second-order valence-electron chi connectivity index (χ2n) is 3.59. The first kappa shape index (κ1) is 11.0. The highest BCUT2D eigenvalue weighted by Gasteiger charge is 2.04. The molecule has 76 valence electrons. The number of rotatable bonds is 1. The van der Waals surface area contributed by atoms with Crippen LogP contribution < -0.4 is 5.32 Å². The number of nitrogens with zero attached hydrogens (tertiary/aromatic N) is 1. The van der Waals surface area contributed by atoms with Gasteiger partial charge in [0, 0.05) is 19.8 Å². The molecule has 1 rings (SSSR count). The van der Waals surface area contributed by atoms with Crippen molar-refractivity contribution in [3.05, 3.63) is 29.3 Å². The molecule has 0 heterocycles. The SMILES string of the molecule is Cc1cccc(C)c1NC(=S)N(C)C. The fraction of sp³-hybridized carbons (Fsp3) is 0.364. The van der Waals surface area contributed by atoms with E-state index in [1.807, 2.05) is 19.0 Å². The molecule has 0 fully saturated rings. The Labute approximate surface area is 90.9 Å². The van der Waals surface area contributed by atoms with Crippen molar-refractivity contribution >= 4 is 23.0 Å². The minimum Gasteiger partial charge on any atom is -0.355 e. The largest absolute Gasteiger partial charge is 0.355 e. The highest BCUT2D eigenvalue weighted by molar-refractivity contribution is 7.80. The minimum absolute atomic E-state index is 0.738. The summed E-state index contributed by atoms with van der Waals surface area (Å²) in [6.45, 7) is 4.15. The number of hydrogen-bond acceptors (Lipinski definition) is 1. The van der Waals surface area contributed by atoms with Crippen molar-refractivity contribution < 1.29 is 0 Å². The van der Waals surface area contributed by atoms with Gasteiger partial charge < -0.3 is 10.2 Å². The van der Waals surface area contributed by atoms with Crippen molar-refractivity contribution in [2.75, 3.05) is 19.4 Å². The van der Waals surface area contributed by atoms with E-state index < -0.39 is 0 Å². The second-order valence-corrected chi connectivity index (χ2v) is 3.98. The summed E-state index contributed by atoms with van der Waals surface area (Å²) in [5.74, 6) is 0. The van der Waals surface area contributed by atoms with E-state index in [1.165, 1.54) is 11.1 Å². The number of nitrogens with one attached hydrogen (secondary N) is 1. The molecule has 0 aliphatic heterocycles. The van der Waals surface area contributed by atoms with E-state index in [-0.39, 0.29) is 0 Å². The van der Waals surface area contributed by atoms with Crippen molar-refractivity contribution in [2.24, 2.45) is 0 Å². The molecule has 1 aromatic rings. The Kier molecular flexibility index (Phi) is 3.47. The Morgan fingerprint density at radius 1 is 1.21 bits per heavy atom. The van der Waals surface area contributed by atoms with Gasteiger partial charge in [0.1, 0.15) is 0 Å². The highest BCUT2D eigenvalue weighted by Crippen LogP contribution is 2.19. The van der Waals surface area contributed by atoms with Crippen molar-refractivity contribution in [3.8, 4) is 0 Å². The summed E-state index contributed by atoms with van der Waals surface area (Å²) in [6.07, 6.45) is 0. The topological polar surface area (TPSA) is 15.3 Å². The summed E-state index contributed by atoms with van der Waals surface area (Å²) in [4.78, 5) is 1.89. The molecular weight excluding hydrogens is 192 g/mol. The molecule has 3 heteroatoms. The maximum atomic E-state index is 5.19. The van der Waals surface area contributed by atoms with Crippen LogP contribution in [0.3, 0.4) is 0 Å². The average Bonchev–Trinajstić information content (AvgIpc) is 2.11. The predicted octanol–water partition coefficient (Wildman–Crippen LogP) is 2.56. The molecule has 1 N–H and O–H groups in total. The lowest BCUT2D eigenvalue weighted by Crippen LogP contribution is -2.27. The molecule has 0 aromatic heterocycles. The van der Waals surface area contributed by atoms with Gasteiger partial charge in [-0.1, -0.05) is 18.2 Å². The van der Waals surface area contributed by atoms with E-state index in [0.717, 1.165) is 10.8 Å². The van der Waals surface area contributed by atoms with E-state index in [1.54, 1.807) is 0 Å². The first-order valence-corrected chi connectivity index (χ1v) is 4.97. The van der Waals surface area contributed by atoms with Crippen LogP contribution in [0.25, 0.3) is 0 Å². The van der Waals surface area contributed by atoms with Gasteiger partial charge in [0.25, 0.3) is 0 Å². The maximum Gasteiger partial charge on any atom is 0.172 e. The third-order valence-electron chi connectivity index (χ3n) is 2.12. The smallest absolute Gasteiger partial charge is 0.172 e. The van der Waals surface area contributed by atoms with E-state index in [0.29, 0.717) is 0 Å². The fourth-order valence-corrected chi connectivity index (χ4v) is 1.33. The first-order chi connectivity index (χ1) is 6.52. The zero-order valence-corrected chi connectivity index (χ0v) is 9.90. The van der Waals surface area contributed by atoms with E-state index in [2.05, 4.69) is 37.4 Å². The van der Waals surface area contributed by atoms with Gasteiger partial charge in [0.05, 0.1) is 0 Å². The monoisotopic (exact) mass is 208 g/mol. The molecule has 2 nitrogen and oxygen atoms in total. The van der Waals surface area contributed by atoms with Crippen LogP contribution in [0.1, 0.15) is 11.1 Å². The molecule has 0 radical (unpaired) electrons. The van der Waals surface area contributed by atoms with Crippen LogP contribution in [-0.2, 0) is 0 Å². The molecule has 0 aliphatic carbocycles. The van der Waals surface area contributed by atoms with E-state index in [9.17, 15) is 0 Å². The summed E-state index contributed by atoms with van der Waals surface area (Å²) in [7, 11) is 3.87. The van der Waals surface area contributed by atoms with Crippen LogP contribution in [-0.4, -0.2) is 24.1 Å². The first-order valence-electron chi connectivity index (χ1n) is 4.57. The van der Waals surface area contributed by atoms with Gasteiger partial charge in [-0.3, -0.25) is 0 Å². The van der Waals surface area contributed by atoms with Gasteiger partial charge in [0.2, 0.25) is 0 Å². The number of para-hydroxylation sites is 1. The molecule has 0 saturated heterocycles. The molecule has 1 aromatic carbocycles. The Bertz CT molecular complexity index is 325. The number of thiocarbonyl (C=S) groups is 1. The van der Waals surface area contributed by atoms with Crippen molar-refractivity contribution in [1.82, 2.24) is 4.90 Å². The predicted molar refractivity (Wildman–Crippen MR) is 65.8 cm³/mol. The molecular formula is C11H16N2S. The van der Waals surface area contributed by atoms with Gasteiger partial charge in [-0.2, -0.15) is 0 Å². The van der Waals surface area contributed by atoms with Crippen LogP contribution >= 0.6 is 12.2 Å². The fourth-order valence-electron chi connectivity index (χ4n) is 1.23. The molecule has 14 heavy (non-hydrogen) atoms. The summed E-state index contributed by atoms with van der Waals surface area (Å²) >= 11 is 5.19. The van der Waals surface area contributed by atoms with Gasteiger partial charge in [0.15, 0.2) is 5.11 Å². The van der Waals surface area contributed by atoms with Crippen LogP contribution in [0.2, 0.25) is 0 Å². The molecule has 0 bridgehead atoms. The summed E-state index contributed by atoms with van der Waals surface area (Å²) in [5, 5.41) is 3.97. The quantitative estimate of drug-likeness (QED) is 0.714. The number of benzene rings is 1. The third kappa shape index (κ3) is 2.45. The molecule has 0 aliphatic rings. The average molecular weight is 208 g/mol. The lowest BCUT2D eigenvalue weighted by Gasteiger charge is -2.18. The minimum atomic E-state index is 0.738. The van der Waals surface area contributed by atoms with Crippen molar-refractivity contribution in [3.63, 3.8) is 0 Å². The lowest BCUT2D eigenvalue weighted by atomic mass is 10.1. The second kappa shape index (κ2) is 4.42. The maximum absolute atomic E-state index is 5.19. The van der Waals surface area contributed by atoms with E-state index in [4.69, 9.17) is 12.2 Å². The summed E-state index contributed by atoms with van der Waals surface area (Å²) in [5.41, 5.74) is 3.55. The number of hydrogen-bond donors (Lipinski definition) is 1. The Morgan fingerprint density at radius 2 is 1.71 bits per heavy atom. The van der Waals surface area contributed by atoms with Gasteiger partial charge in [-0.05, 0) is 37.2 Å². The normalized spacial score (nSPS) is 9.71. The van der Waals surface area contributed by atoms with Crippen LogP contribution in [0, 0.1) is 13.8 Å². The van der Waals surface area contributed by atoms with Crippen molar-refractivity contribution in [1.29, 1.82) is 0 Å². The Morgan fingerprint density at radius 3 is 2.14 bits per heavy atom. The van der Waals surface area contributed by atoms with Crippen LogP contribution in [0.4, 0.5) is 5.69 Å². The van der Waals surface area contributed by atoms with Crippen LogP contribution in [0.5, 0.6) is 0 Å². The number of aryl methyl sites for hydroxylation is 2. The van der Waals surface area contributed by atoms with Crippen LogP contribution in [0.15, 0.2) is 18.2 Å². The molecule has 0 unspecified atom stereocenters. The molecule has 0 amide bonds. The molecule has 0 atom stereocenters. The third-order valence-corrected chi connectivity index (χ3v) is 2.59. The van der Waals surface area contributed by atoms with Crippen molar-refractivity contribution in [2.45, 2.75) is 13.8 Å². The highest BCUT2D eigenvalue weighted by atomic mass is 32.1. The molecule has 0 spiro atoms. The zero-order valence-electron chi connectivity index (χ0n) is 9.09. The van der Waals surface area contributed by atoms with Gasteiger partial charge in [-0.15, -0.1) is 0 Å². The van der Waals surface area contributed by atoms with Gasteiger partial charge >= 0.3 is 0 Å². The van der Waals surface area contributed by atoms with E-state index >= 15 is 0 Å². The summed E-state index contributed by atoms with van der Waals surface area (Å²) < 4.78 is 0. The summed E-state index contributed by atoms with van der Waals surface area (Å²) in [6, 6.07) is 6.20. The standard InChI is InChI=1S/C11H16N2S/c1-8-6-5-7-9(2)10(8)12-11(14)13(3)4/h5-7H,1-4H3,(H,12,14). The molecule has 0 saturated carbocycles.